The lowest BCUT2D eigenvalue weighted by Gasteiger charge is -2.07. The Hall–Kier alpha value is -3.31. The lowest BCUT2D eigenvalue weighted by molar-refractivity contribution is 0.0599. The highest BCUT2D eigenvalue weighted by atomic mass is 35.5. The Morgan fingerprint density at radius 2 is 1.79 bits per heavy atom. The number of nitrogens with one attached hydrogen (secondary N) is 1. The number of aryl methyl sites for hydroxylation is 2. The Morgan fingerprint density at radius 3 is 2.52 bits per heavy atom. The smallest absolute Gasteiger partial charge is 0.338 e. The third-order valence-electron chi connectivity index (χ3n) is 4.74. The van der Waals surface area contributed by atoms with Crippen LogP contribution in [0.1, 0.15) is 21.5 Å². The normalized spacial score (nSPS) is 10.9. The standard InChI is InChI=1S/C23H19ClN2O3/c1-13-4-7-15(8-5-13)18-11-20-21(12-19(18)24)26-23(25-20)29-16-9-6-14(2)17(10-16)22(27)28-3/h4-12H,1-3H3,(H,25,26). The summed E-state index contributed by atoms with van der Waals surface area (Å²) >= 11 is 6.50. The summed E-state index contributed by atoms with van der Waals surface area (Å²) in [6, 6.07) is 17.5. The first-order valence-corrected chi connectivity index (χ1v) is 9.45. The van der Waals surface area contributed by atoms with Gasteiger partial charge in [-0.05, 0) is 49.2 Å². The average molecular weight is 407 g/mol. The van der Waals surface area contributed by atoms with Crippen molar-refractivity contribution in [2.24, 2.45) is 0 Å². The first kappa shape index (κ1) is 19.0. The molecule has 4 aromatic rings. The second kappa shape index (κ2) is 7.60. The Bertz CT molecular complexity index is 1210. The van der Waals surface area contributed by atoms with Crippen LogP contribution < -0.4 is 4.74 Å². The van der Waals surface area contributed by atoms with E-state index in [1.807, 2.05) is 50.2 Å². The summed E-state index contributed by atoms with van der Waals surface area (Å²) in [4.78, 5) is 19.5. The maximum absolute atomic E-state index is 11.9. The highest BCUT2D eigenvalue weighted by Crippen LogP contribution is 2.33. The summed E-state index contributed by atoms with van der Waals surface area (Å²) in [5, 5.41) is 0.625. The van der Waals surface area contributed by atoms with Crippen LogP contribution in [0.25, 0.3) is 22.2 Å². The highest BCUT2D eigenvalue weighted by molar-refractivity contribution is 6.34. The molecule has 3 aromatic carbocycles. The number of aromatic amines is 1. The molecule has 0 unspecified atom stereocenters. The van der Waals surface area contributed by atoms with Gasteiger partial charge in [-0.25, -0.2) is 4.79 Å². The third kappa shape index (κ3) is 3.82. The summed E-state index contributed by atoms with van der Waals surface area (Å²) in [5.74, 6) is 0.0759. The van der Waals surface area contributed by atoms with E-state index in [4.69, 9.17) is 21.1 Å². The number of imidazole rings is 1. The maximum Gasteiger partial charge on any atom is 0.338 e. The summed E-state index contributed by atoms with van der Waals surface area (Å²) in [5.41, 5.74) is 5.87. The van der Waals surface area contributed by atoms with Crippen molar-refractivity contribution < 1.29 is 14.3 Å². The van der Waals surface area contributed by atoms with Crippen molar-refractivity contribution in [3.63, 3.8) is 0 Å². The van der Waals surface area contributed by atoms with Crippen LogP contribution in [0.2, 0.25) is 5.02 Å². The second-order valence-electron chi connectivity index (χ2n) is 6.83. The molecule has 0 spiro atoms. The number of benzene rings is 3. The number of fused-ring (bicyclic) bond motifs is 1. The van der Waals surface area contributed by atoms with Gasteiger partial charge in [-0.15, -0.1) is 0 Å². The summed E-state index contributed by atoms with van der Waals surface area (Å²) in [6.45, 7) is 3.88. The molecule has 1 heterocycles. The van der Waals surface area contributed by atoms with E-state index < -0.39 is 5.97 Å². The molecule has 1 N–H and O–H groups in total. The summed E-state index contributed by atoms with van der Waals surface area (Å²) < 4.78 is 10.7. The fraction of sp³-hybridized carbons (Fsp3) is 0.130. The van der Waals surface area contributed by atoms with Gasteiger partial charge in [0.05, 0.1) is 28.7 Å². The number of esters is 1. The van der Waals surface area contributed by atoms with Gasteiger partial charge in [0.1, 0.15) is 5.75 Å². The molecule has 0 fully saturated rings. The van der Waals surface area contributed by atoms with Gasteiger partial charge < -0.3 is 14.5 Å². The minimum Gasteiger partial charge on any atom is -0.465 e. The number of carbonyl (C=O) groups excluding carboxylic acids is 1. The summed E-state index contributed by atoms with van der Waals surface area (Å²) in [6.07, 6.45) is 0. The van der Waals surface area contributed by atoms with Crippen molar-refractivity contribution in [3.05, 3.63) is 76.3 Å². The highest BCUT2D eigenvalue weighted by Gasteiger charge is 2.14. The zero-order valence-electron chi connectivity index (χ0n) is 16.2. The number of ether oxygens (including phenoxy) is 2. The van der Waals surface area contributed by atoms with Crippen molar-refractivity contribution in [1.29, 1.82) is 0 Å². The van der Waals surface area contributed by atoms with Crippen LogP contribution in [0.4, 0.5) is 0 Å². The Labute approximate surface area is 173 Å². The van der Waals surface area contributed by atoms with Crippen molar-refractivity contribution in [1.82, 2.24) is 9.97 Å². The number of hydrogen-bond acceptors (Lipinski definition) is 4. The summed E-state index contributed by atoms with van der Waals surface area (Å²) in [7, 11) is 1.35. The molecule has 0 saturated carbocycles. The number of H-pyrrole nitrogens is 1. The monoisotopic (exact) mass is 406 g/mol. The molecule has 0 aliphatic carbocycles. The molecule has 5 nitrogen and oxygen atoms in total. The lowest BCUT2D eigenvalue weighted by atomic mass is 10.0. The lowest BCUT2D eigenvalue weighted by Crippen LogP contribution is -2.04. The second-order valence-corrected chi connectivity index (χ2v) is 7.23. The minimum atomic E-state index is -0.410. The minimum absolute atomic E-state index is 0.316. The number of rotatable bonds is 4. The van der Waals surface area contributed by atoms with E-state index in [1.54, 1.807) is 18.2 Å². The first-order chi connectivity index (χ1) is 13.9. The molecule has 4 rings (SSSR count). The average Bonchev–Trinajstić information content (AvgIpc) is 3.10. The predicted molar refractivity (Wildman–Crippen MR) is 114 cm³/mol. The largest absolute Gasteiger partial charge is 0.465 e. The van der Waals surface area contributed by atoms with E-state index in [-0.39, 0.29) is 0 Å². The van der Waals surface area contributed by atoms with Crippen LogP contribution in [0.5, 0.6) is 11.8 Å². The van der Waals surface area contributed by atoms with Gasteiger partial charge in [0.15, 0.2) is 0 Å². The van der Waals surface area contributed by atoms with Gasteiger partial charge in [0.2, 0.25) is 0 Å². The Kier molecular flexibility index (Phi) is 4.99. The molecule has 1 aromatic heterocycles. The molecule has 6 heteroatoms. The molecule has 0 bridgehead atoms. The van der Waals surface area contributed by atoms with Crippen LogP contribution in [-0.2, 0) is 4.74 Å². The van der Waals surface area contributed by atoms with Crippen molar-refractivity contribution in [2.75, 3.05) is 7.11 Å². The number of halogens is 1. The number of carbonyl (C=O) groups is 1. The van der Waals surface area contributed by atoms with E-state index in [0.29, 0.717) is 22.3 Å². The number of hydrogen-bond donors (Lipinski definition) is 1. The topological polar surface area (TPSA) is 64.2 Å². The van der Waals surface area contributed by atoms with E-state index >= 15 is 0 Å². The number of aromatic nitrogens is 2. The number of nitrogens with zero attached hydrogens (tertiary/aromatic N) is 1. The van der Waals surface area contributed by atoms with Crippen LogP contribution >= 0.6 is 11.6 Å². The fourth-order valence-electron chi connectivity index (χ4n) is 3.12. The molecule has 0 amide bonds. The predicted octanol–water partition coefficient (Wildman–Crippen LogP) is 6.08. The van der Waals surface area contributed by atoms with Gasteiger partial charge in [-0.1, -0.05) is 47.5 Å². The van der Waals surface area contributed by atoms with Gasteiger partial charge in [0, 0.05) is 5.56 Å². The van der Waals surface area contributed by atoms with Crippen LogP contribution in [0, 0.1) is 13.8 Å². The zero-order chi connectivity index (χ0) is 20.5. The Balaban J connectivity index is 1.68. The third-order valence-corrected chi connectivity index (χ3v) is 5.05. The quantitative estimate of drug-likeness (QED) is 0.417. The van der Waals surface area contributed by atoms with E-state index in [1.165, 1.54) is 12.7 Å². The van der Waals surface area contributed by atoms with Crippen molar-refractivity contribution in [3.8, 4) is 22.9 Å². The zero-order valence-corrected chi connectivity index (χ0v) is 17.0. The van der Waals surface area contributed by atoms with Crippen LogP contribution in [0.15, 0.2) is 54.6 Å². The molecular weight excluding hydrogens is 388 g/mol. The fourth-order valence-corrected chi connectivity index (χ4v) is 3.39. The van der Waals surface area contributed by atoms with Crippen molar-refractivity contribution >= 4 is 28.6 Å². The van der Waals surface area contributed by atoms with Crippen LogP contribution in [0.3, 0.4) is 0 Å². The maximum atomic E-state index is 11.9. The van der Waals surface area contributed by atoms with Crippen molar-refractivity contribution in [2.45, 2.75) is 13.8 Å². The molecule has 0 aliphatic heterocycles. The molecule has 0 atom stereocenters. The first-order valence-electron chi connectivity index (χ1n) is 9.08. The van der Waals surface area contributed by atoms with E-state index in [9.17, 15) is 4.79 Å². The van der Waals surface area contributed by atoms with Gasteiger partial charge in [0.25, 0.3) is 6.01 Å². The van der Waals surface area contributed by atoms with Crippen LogP contribution in [-0.4, -0.2) is 23.0 Å². The molecule has 29 heavy (non-hydrogen) atoms. The SMILES string of the molecule is COC(=O)c1cc(Oc2nc3cc(-c4ccc(C)cc4)c(Cl)cc3[nH]2)ccc1C. The molecule has 0 aliphatic rings. The molecule has 0 radical (unpaired) electrons. The van der Waals surface area contributed by atoms with E-state index in [2.05, 4.69) is 9.97 Å². The van der Waals surface area contributed by atoms with Gasteiger partial charge in [-0.3, -0.25) is 0 Å². The Morgan fingerprint density at radius 1 is 1.03 bits per heavy atom. The van der Waals surface area contributed by atoms with Gasteiger partial charge in [-0.2, -0.15) is 4.98 Å². The molecule has 0 saturated heterocycles. The molecule has 146 valence electrons. The van der Waals surface area contributed by atoms with E-state index in [0.717, 1.165) is 27.7 Å². The van der Waals surface area contributed by atoms with Gasteiger partial charge >= 0.3 is 5.97 Å². The number of methoxy groups -OCH3 is 1. The molecular formula is C23H19ClN2O3.